The Bertz CT molecular complexity index is 410. The molecule has 0 bridgehead atoms. The summed E-state index contributed by atoms with van der Waals surface area (Å²) in [6.07, 6.45) is -3.35. The van der Waals surface area contributed by atoms with Gasteiger partial charge in [-0.2, -0.15) is 13.2 Å². The molecule has 0 spiro atoms. The molecule has 0 aliphatic heterocycles. The second kappa shape index (κ2) is 7.05. The molecule has 0 aliphatic rings. The summed E-state index contributed by atoms with van der Waals surface area (Å²) in [4.78, 5) is 8.22. The summed E-state index contributed by atoms with van der Waals surface area (Å²) >= 11 is 5.85. The molecule has 1 aromatic rings. The summed E-state index contributed by atoms with van der Waals surface area (Å²) in [5.74, 6) is 0.825. The first-order valence-corrected chi connectivity index (χ1v) is 6.31. The third-order valence-electron chi connectivity index (χ3n) is 2.15. The molecule has 19 heavy (non-hydrogen) atoms. The molecule has 0 aromatic carbocycles. The first-order chi connectivity index (χ1) is 8.76. The minimum absolute atomic E-state index is 0.0824. The number of aromatic nitrogens is 2. The molecule has 108 valence electrons. The largest absolute Gasteiger partial charge is 0.411 e. The van der Waals surface area contributed by atoms with Gasteiger partial charge >= 0.3 is 6.18 Å². The molecule has 0 saturated heterocycles. The molecule has 1 rings (SSSR count). The third-order valence-corrected chi connectivity index (χ3v) is 2.34. The van der Waals surface area contributed by atoms with Crippen molar-refractivity contribution in [3.63, 3.8) is 0 Å². The minimum atomic E-state index is -4.31. The fourth-order valence-corrected chi connectivity index (χ4v) is 1.73. The lowest BCUT2D eigenvalue weighted by molar-refractivity contribution is -0.173. The number of alkyl halides is 3. The van der Waals surface area contributed by atoms with Gasteiger partial charge in [-0.1, -0.05) is 25.4 Å². The van der Waals surface area contributed by atoms with Gasteiger partial charge in [0, 0.05) is 12.1 Å². The zero-order chi connectivity index (χ0) is 14.5. The standard InChI is InChI=1S/C12H16ClF3N2O/c1-8(2)5-9-6-10(13)18-11(17-9)3-4-19-7-12(14,15)16/h6,8H,3-5,7H2,1-2H3. The van der Waals surface area contributed by atoms with E-state index in [1.54, 1.807) is 6.07 Å². The predicted molar refractivity (Wildman–Crippen MR) is 66.2 cm³/mol. The first kappa shape index (κ1) is 16.2. The van der Waals surface area contributed by atoms with E-state index in [1.807, 2.05) is 13.8 Å². The zero-order valence-corrected chi connectivity index (χ0v) is 11.6. The molecule has 0 fully saturated rings. The smallest absolute Gasteiger partial charge is 0.372 e. The highest BCUT2D eigenvalue weighted by atomic mass is 35.5. The summed E-state index contributed by atoms with van der Waals surface area (Å²) in [5, 5.41) is 0.302. The van der Waals surface area contributed by atoms with Crippen LogP contribution in [-0.2, 0) is 17.6 Å². The monoisotopic (exact) mass is 296 g/mol. The molecular weight excluding hydrogens is 281 g/mol. The molecule has 1 heterocycles. The first-order valence-electron chi connectivity index (χ1n) is 5.93. The van der Waals surface area contributed by atoms with E-state index in [9.17, 15) is 13.2 Å². The summed E-state index contributed by atoms with van der Waals surface area (Å²) in [6, 6.07) is 1.67. The molecular formula is C12H16ClF3N2O. The van der Waals surface area contributed by atoms with Crippen molar-refractivity contribution in [1.82, 2.24) is 9.97 Å². The van der Waals surface area contributed by atoms with Crippen LogP contribution in [0, 0.1) is 5.92 Å². The van der Waals surface area contributed by atoms with Gasteiger partial charge < -0.3 is 4.74 Å². The Morgan fingerprint density at radius 1 is 1.32 bits per heavy atom. The molecule has 0 unspecified atom stereocenters. The van der Waals surface area contributed by atoms with Crippen molar-refractivity contribution in [3.05, 3.63) is 22.7 Å². The van der Waals surface area contributed by atoms with Gasteiger partial charge in [0.2, 0.25) is 0 Å². The Hall–Kier alpha value is -0.880. The number of hydrogen-bond acceptors (Lipinski definition) is 3. The second-order valence-corrected chi connectivity index (χ2v) is 5.00. The Labute approximate surface area is 115 Å². The molecule has 0 aliphatic carbocycles. The van der Waals surface area contributed by atoms with Gasteiger partial charge in [-0.3, -0.25) is 0 Å². The molecule has 0 atom stereocenters. The maximum Gasteiger partial charge on any atom is 0.411 e. The fourth-order valence-electron chi connectivity index (χ4n) is 1.50. The summed E-state index contributed by atoms with van der Waals surface area (Å²) in [7, 11) is 0. The Kier molecular flexibility index (Phi) is 6.00. The van der Waals surface area contributed by atoms with E-state index in [2.05, 4.69) is 14.7 Å². The average molecular weight is 297 g/mol. The summed E-state index contributed by atoms with van der Waals surface area (Å²) < 4.78 is 40.1. The van der Waals surface area contributed by atoms with Crippen LogP contribution in [0.5, 0.6) is 0 Å². The van der Waals surface area contributed by atoms with E-state index in [4.69, 9.17) is 11.6 Å². The lowest BCUT2D eigenvalue weighted by atomic mass is 10.1. The highest BCUT2D eigenvalue weighted by molar-refractivity contribution is 6.29. The predicted octanol–water partition coefficient (Wildman–Crippen LogP) is 3.45. The molecule has 7 heteroatoms. The molecule has 3 nitrogen and oxygen atoms in total. The average Bonchev–Trinajstić information content (AvgIpc) is 2.21. The second-order valence-electron chi connectivity index (χ2n) is 4.61. The van der Waals surface area contributed by atoms with Gasteiger partial charge in [-0.15, -0.1) is 0 Å². The van der Waals surface area contributed by atoms with Crippen molar-refractivity contribution < 1.29 is 17.9 Å². The van der Waals surface area contributed by atoms with Gasteiger partial charge in [-0.25, -0.2) is 9.97 Å². The van der Waals surface area contributed by atoms with Crippen molar-refractivity contribution in [3.8, 4) is 0 Å². The maximum atomic E-state index is 11.9. The van der Waals surface area contributed by atoms with Crippen LogP contribution in [0.3, 0.4) is 0 Å². The van der Waals surface area contributed by atoms with E-state index >= 15 is 0 Å². The van der Waals surface area contributed by atoms with Crippen LogP contribution in [0.15, 0.2) is 6.07 Å². The normalized spacial score (nSPS) is 12.2. The van der Waals surface area contributed by atoms with Gasteiger partial charge in [0.25, 0.3) is 0 Å². The van der Waals surface area contributed by atoms with Gasteiger partial charge in [0.05, 0.1) is 6.61 Å². The number of halogens is 4. The number of ether oxygens (including phenoxy) is 1. The van der Waals surface area contributed by atoms with Crippen LogP contribution in [0.1, 0.15) is 25.4 Å². The highest BCUT2D eigenvalue weighted by Crippen LogP contribution is 2.15. The number of rotatable bonds is 6. The third kappa shape index (κ3) is 7.32. The number of hydrogen-bond donors (Lipinski definition) is 0. The minimum Gasteiger partial charge on any atom is -0.372 e. The summed E-state index contributed by atoms with van der Waals surface area (Å²) in [6.45, 7) is 2.75. The molecule has 0 saturated carbocycles. The molecule has 0 amide bonds. The molecule has 0 N–H and O–H groups in total. The Balaban J connectivity index is 2.51. The lowest BCUT2D eigenvalue weighted by Gasteiger charge is -2.09. The van der Waals surface area contributed by atoms with E-state index in [0.717, 1.165) is 12.1 Å². The van der Waals surface area contributed by atoms with Gasteiger partial charge in [0.15, 0.2) is 0 Å². The summed E-state index contributed by atoms with van der Waals surface area (Å²) in [5.41, 5.74) is 0.792. The van der Waals surface area contributed by atoms with E-state index in [0.29, 0.717) is 16.9 Å². The lowest BCUT2D eigenvalue weighted by Crippen LogP contribution is -2.18. The maximum absolute atomic E-state index is 11.9. The van der Waals surface area contributed by atoms with Crippen LogP contribution in [0.2, 0.25) is 5.15 Å². The van der Waals surface area contributed by atoms with Crippen LogP contribution in [0.25, 0.3) is 0 Å². The number of nitrogens with zero attached hydrogens (tertiary/aromatic N) is 2. The van der Waals surface area contributed by atoms with Crippen LogP contribution in [-0.4, -0.2) is 29.4 Å². The van der Waals surface area contributed by atoms with E-state index < -0.39 is 12.8 Å². The SMILES string of the molecule is CC(C)Cc1cc(Cl)nc(CCOCC(F)(F)F)n1. The van der Waals surface area contributed by atoms with E-state index in [-0.39, 0.29) is 13.0 Å². The van der Waals surface area contributed by atoms with Gasteiger partial charge in [-0.05, 0) is 18.4 Å². The quantitative estimate of drug-likeness (QED) is 0.596. The fraction of sp³-hybridized carbons (Fsp3) is 0.667. The van der Waals surface area contributed by atoms with Crippen molar-refractivity contribution in [2.45, 2.75) is 32.9 Å². The van der Waals surface area contributed by atoms with Crippen LogP contribution in [0.4, 0.5) is 13.2 Å². The molecule has 1 aromatic heterocycles. The van der Waals surface area contributed by atoms with Crippen molar-refractivity contribution in [1.29, 1.82) is 0 Å². The Morgan fingerprint density at radius 2 is 2.00 bits per heavy atom. The van der Waals surface area contributed by atoms with Crippen molar-refractivity contribution in [2.24, 2.45) is 5.92 Å². The highest BCUT2D eigenvalue weighted by Gasteiger charge is 2.27. The zero-order valence-electron chi connectivity index (χ0n) is 10.8. The van der Waals surface area contributed by atoms with E-state index in [1.165, 1.54) is 0 Å². The van der Waals surface area contributed by atoms with Crippen molar-refractivity contribution >= 4 is 11.6 Å². The van der Waals surface area contributed by atoms with Crippen LogP contribution >= 0.6 is 11.6 Å². The van der Waals surface area contributed by atoms with Crippen LogP contribution < -0.4 is 0 Å². The topological polar surface area (TPSA) is 35.0 Å². The Morgan fingerprint density at radius 3 is 2.58 bits per heavy atom. The molecule has 0 radical (unpaired) electrons. The van der Waals surface area contributed by atoms with Gasteiger partial charge in [0.1, 0.15) is 17.6 Å². The van der Waals surface area contributed by atoms with Crippen molar-refractivity contribution in [2.75, 3.05) is 13.2 Å².